The van der Waals surface area contributed by atoms with E-state index < -0.39 is 0 Å². The molecule has 0 aromatic rings. The van der Waals surface area contributed by atoms with E-state index in [1.54, 1.807) is 0 Å². The second-order valence-electron chi connectivity index (χ2n) is 1.49. The summed E-state index contributed by atoms with van der Waals surface area (Å²) in [7, 11) is 0. The van der Waals surface area contributed by atoms with Gasteiger partial charge in [-0.3, -0.25) is 0 Å². The number of thiol groups is 1. The highest BCUT2D eigenvalue weighted by atomic mass is 32.1. The lowest BCUT2D eigenvalue weighted by molar-refractivity contribution is 0.778. The van der Waals surface area contributed by atoms with E-state index in [0.29, 0.717) is 5.92 Å². The third-order valence-electron chi connectivity index (χ3n) is 0.857. The molecular weight excluding hydrogens is 92.1 g/mol. The van der Waals surface area contributed by atoms with Crippen LogP contribution in [0.25, 0.3) is 0 Å². The predicted octanol–water partition coefficient (Wildman–Crippen LogP) is 1.78. The quantitative estimate of drug-likeness (QED) is 0.506. The summed E-state index contributed by atoms with van der Waals surface area (Å²) in [6, 6.07) is 0. The van der Waals surface area contributed by atoms with Gasteiger partial charge < -0.3 is 0 Å². The molecule has 0 fully saturated rings. The average Bonchev–Trinajstić information content (AvgIpc) is 1.65. The van der Waals surface area contributed by atoms with Crippen LogP contribution in [0.1, 0.15) is 13.8 Å². The first kappa shape index (κ1) is 6.35. The van der Waals surface area contributed by atoms with Gasteiger partial charge >= 0.3 is 0 Å². The van der Waals surface area contributed by atoms with Crippen LogP contribution in [0.5, 0.6) is 0 Å². The molecule has 0 saturated carbocycles. The van der Waals surface area contributed by atoms with Crippen LogP contribution in [-0.4, -0.2) is 5.75 Å². The van der Waals surface area contributed by atoms with E-state index in [-0.39, 0.29) is 0 Å². The van der Waals surface area contributed by atoms with Crippen molar-refractivity contribution in [2.75, 3.05) is 5.75 Å². The highest BCUT2D eigenvalue weighted by molar-refractivity contribution is 7.80. The molecule has 1 atom stereocenters. The average molecular weight is 103 g/mol. The summed E-state index contributed by atoms with van der Waals surface area (Å²) in [5.41, 5.74) is 0. The Kier molecular flexibility index (Phi) is 3.74. The molecule has 0 nitrogen and oxygen atoms in total. The van der Waals surface area contributed by atoms with E-state index in [2.05, 4.69) is 32.9 Å². The minimum atomic E-state index is 0.674. The summed E-state index contributed by atoms with van der Waals surface area (Å²) >= 11 is 4.06. The van der Waals surface area contributed by atoms with Gasteiger partial charge in [0, 0.05) is 0 Å². The first-order valence-corrected chi connectivity index (χ1v) is 2.84. The van der Waals surface area contributed by atoms with E-state index in [1.165, 1.54) is 0 Å². The second-order valence-corrected chi connectivity index (χ2v) is 1.86. The maximum absolute atomic E-state index is 4.06. The van der Waals surface area contributed by atoms with Crippen molar-refractivity contribution in [2.24, 2.45) is 5.92 Å². The fraction of sp³-hybridized carbons (Fsp3) is 0.800. The Morgan fingerprint density at radius 1 is 1.83 bits per heavy atom. The second kappa shape index (κ2) is 3.54. The molecule has 1 unspecified atom stereocenters. The van der Waals surface area contributed by atoms with E-state index in [0.717, 1.165) is 5.75 Å². The smallest absolute Gasteiger partial charge is 0.00695 e. The molecular formula is C5H11S. The van der Waals surface area contributed by atoms with Crippen molar-refractivity contribution in [1.82, 2.24) is 0 Å². The predicted molar refractivity (Wildman–Crippen MR) is 33.0 cm³/mol. The molecule has 6 heavy (non-hydrogen) atoms. The summed E-state index contributed by atoms with van der Waals surface area (Å²) in [4.78, 5) is 0. The van der Waals surface area contributed by atoms with Crippen molar-refractivity contribution >= 4 is 12.6 Å². The Balaban J connectivity index is 2.75. The van der Waals surface area contributed by atoms with E-state index in [1.807, 2.05) is 0 Å². The zero-order chi connectivity index (χ0) is 4.99. The highest BCUT2D eigenvalue weighted by Crippen LogP contribution is 1.98. The number of rotatable bonds is 2. The van der Waals surface area contributed by atoms with Crippen molar-refractivity contribution in [1.29, 1.82) is 0 Å². The summed E-state index contributed by atoms with van der Waals surface area (Å²) in [6.45, 7) is 4.20. The van der Waals surface area contributed by atoms with Gasteiger partial charge in [-0.15, -0.1) is 0 Å². The van der Waals surface area contributed by atoms with Gasteiger partial charge in [0.15, 0.2) is 0 Å². The monoisotopic (exact) mass is 103 g/mol. The van der Waals surface area contributed by atoms with Crippen LogP contribution in [0, 0.1) is 12.3 Å². The first-order valence-electron chi connectivity index (χ1n) is 2.21. The van der Waals surface area contributed by atoms with E-state index in [4.69, 9.17) is 0 Å². The van der Waals surface area contributed by atoms with Gasteiger partial charge in [-0.2, -0.15) is 12.6 Å². The van der Waals surface area contributed by atoms with Gasteiger partial charge in [-0.1, -0.05) is 13.8 Å². The van der Waals surface area contributed by atoms with Gasteiger partial charge in [-0.05, 0) is 18.1 Å². The fourth-order valence-electron chi connectivity index (χ4n) is 0.105. The van der Waals surface area contributed by atoms with Crippen LogP contribution in [0.4, 0.5) is 0 Å². The third kappa shape index (κ3) is 2.58. The molecule has 37 valence electrons. The van der Waals surface area contributed by atoms with Crippen LogP contribution in [0.15, 0.2) is 0 Å². The van der Waals surface area contributed by atoms with Crippen LogP contribution in [0.3, 0.4) is 0 Å². The Bertz CT molecular complexity index is 23.1. The van der Waals surface area contributed by atoms with E-state index >= 15 is 0 Å². The summed E-state index contributed by atoms with van der Waals surface area (Å²) < 4.78 is 0. The molecule has 0 aliphatic rings. The lowest BCUT2D eigenvalue weighted by Gasteiger charge is -1.97. The van der Waals surface area contributed by atoms with Gasteiger partial charge in [0.1, 0.15) is 0 Å². The summed E-state index contributed by atoms with van der Waals surface area (Å²) in [6.07, 6.45) is 2.15. The largest absolute Gasteiger partial charge is 0.179 e. The molecule has 0 bridgehead atoms. The molecule has 0 aromatic heterocycles. The van der Waals surface area contributed by atoms with Gasteiger partial charge in [0.2, 0.25) is 0 Å². The third-order valence-corrected chi connectivity index (χ3v) is 1.43. The lowest BCUT2D eigenvalue weighted by Crippen LogP contribution is -1.91. The van der Waals surface area contributed by atoms with Crippen molar-refractivity contribution < 1.29 is 0 Å². The molecule has 0 aromatic carbocycles. The van der Waals surface area contributed by atoms with E-state index in [9.17, 15) is 0 Å². The fourth-order valence-corrected chi connectivity index (χ4v) is 0.316. The molecule has 0 saturated heterocycles. The summed E-state index contributed by atoms with van der Waals surface area (Å²) in [5.74, 6) is 1.64. The van der Waals surface area contributed by atoms with Gasteiger partial charge in [-0.25, -0.2) is 0 Å². The van der Waals surface area contributed by atoms with Crippen LogP contribution in [-0.2, 0) is 0 Å². The molecule has 0 N–H and O–H groups in total. The zero-order valence-electron chi connectivity index (χ0n) is 4.31. The topological polar surface area (TPSA) is 0 Å². The van der Waals surface area contributed by atoms with Crippen LogP contribution >= 0.6 is 12.6 Å². The maximum Gasteiger partial charge on any atom is -0.00695 e. The highest BCUT2D eigenvalue weighted by Gasteiger charge is 1.89. The Hall–Kier alpha value is 0.350. The minimum absolute atomic E-state index is 0.674. The zero-order valence-corrected chi connectivity index (χ0v) is 5.20. The van der Waals surface area contributed by atoms with Crippen molar-refractivity contribution in [3.05, 3.63) is 6.42 Å². The normalized spacial score (nSPS) is 14.5. The number of hydrogen-bond donors (Lipinski definition) is 1. The van der Waals surface area contributed by atoms with Gasteiger partial charge in [0.05, 0.1) is 0 Å². The van der Waals surface area contributed by atoms with Gasteiger partial charge in [0.25, 0.3) is 0 Å². The standard InChI is InChI=1S/C5H11S/c1-3-5(2)4-6/h3,5-6H,4H2,1-2H3. The Morgan fingerprint density at radius 3 is 2.33 bits per heavy atom. The molecule has 0 aliphatic heterocycles. The lowest BCUT2D eigenvalue weighted by atomic mass is 10.2. The van der Waals surface area contributed by atoms with Crippen molar-refractivity contribution in [2.45, 2.75) is 13.8 Å². The van der Waals surface area contributed by atoms with Crippen LogP contribution < -0.4 is 0 Å². The van der Waals surface area contributed by atoms with Crippen molar-refractivity contribution in [3.63, 3.8) is 0 Å². The minimum Gasteiger partial charge on any atom is -0.179 e. The maximum atomic E-state index is 4.06. The molecule has 0 spiro atoms. The SMILES string of the molecule is C[CH]C(C)CS. The summed E-state index contributed by atoms with van der Waals surface area (Å²) in [5, 5.41) is 0. The molecule has 0 amide bonds. The molecule has 1 heteroatoms. The number of hydrogen-bond acceptors (Lipinski definition) is 1. The van der Waals surface area contributed by atoms with Crippen molar-refractivity contribution in [3.8, 4) is 0 Å². The first-order chi connectivity index (χ1) is 2.81. The molecule has 0 heterocycles. The molecule has 1 radical (unpaired) electrons. The molecule has 0 rings (SSSR count). The Labute approximate surface area is 45.4 Å². The molecule has 0 aliphatic carbocycles. The Morgan fingerprint density at radius 2 is 2.33 bits per heavy atom. The van der Waals surface area contributed by atoms with Crippen LogP contribution in [0.2, 0.25) is 0 Å².